The minimum atomic E-state index is 0. The molecule has 0 amide bonds. The lowest BCUT2D eigenvalue weighted by atomic mass is 9.96. The Morgan fingerprint density at radius 3 is 2.74 bits per heavy atom. The minimum absolute atomic E-state index is 0. The van der Waals surface area contributed by atoms with E-state index in [1.165, 1.54) is 37.0 Å². The van der Waals surface area contributed by atoms with Crippen molar-refractivity contribution in [1.82, 2.24) is 15.6 Å². The van der Waals surface area contributed by atoms with Gasteiger partial charge in [0.1, 0.15) is 5.01 Å². The van der Waals surface area contributed by atoms with Crippen LogP contribution in [0.1, 0.15) is 42.0 Å². The SMILES string of the molecule is CN=C(NCc1ncc(C)s1)NC1CCCCC1.I. The number of aryl methyl sites for hydroxylation is 1. The van der Waals surface area contributed by atoms with Crippen molar-refractivity contribution in [1.29, 1.82) is 0 Å². The summed E-state index contributed by atoms with van der Waals surface area (Å²) in [5.74, 6) is 0.898. The van der Waals surface area contributed by atoms with Crippen LogP contribution in [0.5, 0.6) is 0 Å². The topological polar surface area (TPSA) is 49.3 Å². The smallest absolute Gasteiger partial charge is 0.191 e. The molecule has 1 aliphatic carbocycles. The van der Waals surface area contributed by atoms with Crippen LogP contribution >= 0.6 is 35.3 Å². The molecule has 1 saturated carbocycles. The third kappa shape index (κ3) is 5.64. The molecule has 2 N–H and O–H groups in total. The number of thiazole rings is 1. The monoisotopic (exact) mass is 394 g/mol. The molecule has 1 aliphatic rings. The predicted octanol–water partition coefficient (Wildman–Crippen LogP) is 3.07. The van der Waals surface area contributed by atoms with E-state index < -0.39 is 0 Å². The summed E-state index contributed by atoms with van der Waals surface area (Å²) in [6.07, 6.45) is 8.48. The molecule has 0 radical (unpaired) electrons. The van der Waals surface area contributed by atoms with E-state index in [0.717, 1.165) is 17.5 Å². The van der Waals surface area contributed by atoms with Crippen molar-refractivity contribution in [2.45, 2.75) is 51.6 Å². The van der Waals surface area contributed by atoms with Gasteiger partial charge in [-0.15, -0.1) is 35.3 Å². The minimum Gasteiger partial charge on any atom is -0.354 e. The molecule has 0 aromatic carbocycles. The van der Waals surface area contributed by atoms with Gasteiger partial charge in [0.05, 0.1) is 6.54 Å². The maximum Gasteiger partial charge on any atom is 0.191 e. The highest BCUT2D eigenvalue weighted by atomic mass is 127. The van der Waals surface area contributed by atoms with Crippen LogP contribution in [-0.2, 0) is 6.54 Å². The Labute approximate surface area is 136 Å². The summed E-state index contributed by atoms with van der Waals surface area (Å²) in [6.45, 7) is 2.83. The fourth-order valence-electron chi connectivity index (χ4n) is 2.28. The summed E-state index contributed by atoms with van der Waals surface area (Å²) in [5.41, 5.74) is 0. The van der Waals surface area contributed by atoms with Crippen LogP contribution in [0.15, 0.2) is 11.2 Å². The largest absolute Gasteiger partial charge is 0.354 e. The number of nitrogens with one attached hydrogen (secondary N) is 2. The normalized spacial score (nSPS) is 16.8. The van der Waals surface area contributed by atoms with Gasteiger partial charge in [-0.2, -0.15) is 0 Å². The quantitative estimate of drug-likeness (QED) is 0.471. The Morgan fingerprint density at radius 2 is 2.16 bits per heavy atom. The van der Waals surface area contributed by atoms with Gasteiger partial charge >= 0.3 is 0 Å². The van der Waals surface area contributed by atoms with Crippen LogP contribution in [0.4, 0.5) is 0 Å². The highest BCUT2D eigenvalue weighted by Gasteiger charge is 2.14. The maximum absolute atomic E-state index is 4.34. The highest BCUT2D eigenvalue weighted by molar-refractivity contribution is 14.0. The van der Waals surface area contributed by atoms with Crippen molar-refractivity contribution in [3.8, 4) is 0 Å². The summed E-state index contributed by atoms with van der Waals surface area (Å²) in [4.78, 5) is 9.87. The van der Waals surface area contributed by atoms with Gasteiger partial charge in [0, 0.05) is 24.2 Å². The molecular weight excluding hydrogens is 371 g/mol. The van der Waals surface area contributed by atoms with Gasteiger partial charge in [-0.05, 0) is 19.8 Å². The summed E-state index contributed by atoms with van der Waals surface area (Å²) < 4.78 is 0. The molecule has 1 fully saturated rings. The Kier molecular flexibility index (Phi) is 7.67. The molecule has 1 aromatic heterocycles. The number of aliphatic imine (C=N–C) groups is 1. The van der Waals surface area contributed by atoms with Gasteiger partial charge < -0.3 is 10.6 Å². The molecule has 1 heterocycles. The number of aromatic nitrogens is 1. The summed E-state index contributed by atoms with van der Waals surface area (Å²) >= 11 is 1.73. The molecule has 0 unspecified atom stereocenters. The number of hydrogen-bond donors (Lipinski definition) is 2. The zero-order valence-electron chi connectivity index (χ0n) is 11.6. The van der Waals surface area contributed by atoms with Gasteiger partial charge in [0.2, 0.25) is 0 Å². The molecule has 19 heavy (non-hydrogen) atoms. The molecule has 6 heteroatoms. The van der Waals surface area contributed by atoms with Crippen LogP contribution in [0.2, 0.25) is 0 Å². The maximum atomic E-state index is 4.34. The Bertz CT molecular complexity index is 399. The van der Waals surface area contributed by atoms with Crippen LogP contribution in [0.3, 0.4) is 0 Å². The molecule has 0 spiro atoms. The lowest BCUT2D eigenvalue weighted by molar-refractivity contribution is 0.410. The van der Waals surface area contributed by atoms with Crippen LogP contribution < -0.4 is 10.6 Å². The lowest BCUT2D eigenvalue weighted by Crippen LogP contribution is -2.43. The molecule has 0 bridgehead atoms. The molecule has 0 saturated heterocycles. The molecular formula is C13H23IN4S. The van der Waals surface area contributed by atoms with E-state index in [1.807, 2.05) is 13.2 Å². The van der Waals surface area contributed by atoms with E-state index in [0.29, 0.717) is 6.04 Å². The molecule has 4 nitrogen and oxygen atoms in total. The van der Waals surface area contributed by atoms with Crippen molar-refractivity contribution >= 4 is 41.3 Å². The second-order valence-electron chi connectivity index (χ2n) is 4.77. The first-order valence-electron chi connectivity index (χ1n) is 6.66. The van der Waals surface area contributed by atoms with E-state index >= 15 is 0 Å². The van der Waals surface area contributed by atoms with Crippen LogP contribution in [0.25, 0.3) is 0 Å². The highest BCUT2D eigenvalue weighted by Crippen LogP contribution is 2.17. The Balaban J connectivity index is 0.00000180. The average Bonchev–Trinajstić information content (AvgIpc) is 2.81. The third-order valence-electron chi connectivity index (χ3n) is 3.25. The molecule has 108 valence electrons. The van der Waals surface area contributed by atoms with Gasteiger partial charge in [-0.1, -0.05) is 19.3 Å². The average molecular weight is 394 g/mol. The van der Waals surface area contributed by atoms with Gasteiger partial charge in [0.15, 0.2) is 5.96 Å². The summed E-state index contributed by atoms with van der Waals surface area (Å²) in [5, 5.41) is 7.94. The molecule has 0 atom stereocenters. The summed E-state index contributed by atoms with van der Waals surface area (Å²) in [6, 6.07) is 0.586. The fourth-order valence-corrected chi connectivity index (χ4v) is 3.00. The number of halogens is 1. The van der Waals surface area contributed by atoms with E-state index in [9.17, 15) is 0 Å². The van der Waals surface area contributed by atoms with E-state index in [-0.39, 0.29) is 24.0 Å². The summed E-state index contributed by atoms with van der Waals surface area (Å²) in [7, 11) is 1.82. The van der Waals surface area contributed by atoms with Gasteiger partial charge in [-0.25, -0.2) is 4.98 Å². The van der Waals surface area contributed by atoms with E-state index in [2.05, 4.69) is 27.5 Å². The van der Waals surface area contributed by atoms with Crippen molar-refractivity contribution in [2.24, 2.45) is 4.99 Å². The number of guanidine groups is 1. The first-order valence-corrected chi connectivity index (χ1v) is 7.48. The van der Waals surface area contributed by atoms with Gasteiger partial charge in [0.25, 0.3) is 0 Å². The molecule has 0 aliphatic heterocycles. The van der Waals surface area contributed by atoms with E-state index in [1.54, 1.807) is 11.3 Å². The van der Waals surface area contributed by atoms with Crippen LogP contribution in [-0.4, -0.2) is 24.0 Å². The second-order valence-corrected chi connectivity index (χ2v) is 6.09. The van der Waals surface area contributed by atoms with E-state index in [4.69, 9.17) is 0 Å². The second kappa shape index (κ2) is 8.73. The zero-order valence-corrected chi connectivity index (χ0v) is 14.8. The fraction of sp³-hybridized carbons (Fsp3) is 0.692. The number of rotatable bonds is 3. The predicted molar refractivity (Wildman–Crippen MR) is 92.5 cm³/mol. The first kappa shape index (κ1) is 16.7. The van der Waals surface area contributed by atoms with Crippen molar-refractivity contribution in [3.63, 3.8) is 0 Å². The van der Waals surface area contributed by atoms with Gasteiger partial charge in [-0.3, -0.25) is 4.99 Å². The molecule has 1 aromatic rings. The third-order valence-corrected chi connectivity index (χ3v) is 4.16. The lowest BCUT2D eigenvalue weighted by Gasteiger charge is -2.24. The standard InChI is InChI=1S/C13H22N4S.HI/c1-10-8-15-12(18-10)9-16-13(14-2)17-11-6-4-3-5-7-11;/h8,11H,3-7,9H2,1-2H3,(H2,14,16,17);1H. The van der Waals surface area contributed by atoms with Crippen molar-refractivity contribution in [2.75, 3.05) is 7.05 Å². The Morgan fingerprint density at radius 1 is 1.42 bits per heavy atom. The Hall–Kier alpha value is -0.370. The van der Waals surface area contributed by atoms with Crippen LogP contribution in [0, 0.1) is 6.92 Å². The molecule has 2 rings (SSSR count). The zero-order chi connectivity index (χ0) is 12.8. The first-order chi connectivity index (χ1) is 8.78. The van der Waals surface area contributed by atoms with Crippen molar-refractivity contribution in [3.05, 3.63) is 16.1 Å². The number of nitrogens with zero attached hydrogens (tertiary/aromatic N) is 2. The van der Waals surface area contributed by atoms with Crippen molar-refractivity contribution < 1.29 is 0 Å². The number of hydrogen-bond acceptors (Lipinski definition) is 3.